The monoisotopic (exact) mass is 300 g/mol. The molecule has 1 N–H and O–H groups in total. The maximum atomic E-state index is 12.6. The molecule has 1 aliphatic carbocycles. The highest BCUT2D eigenvalue weighted by molar-refractivity contribution is 7.92. The highest BCUT2D eigenvalue weighted by Gasteiger charge is 2.49. The second-order valence-electron chi connectivity index (χ2n) is 6.15. The fourth-order valence-electron chi connectivity index (χ4n) is 3.68. The van der Waals surface area contributed by atoms with Gasteiger partial charge in [0.15, 0.2) is 9.84 Å². The Balaban J connectivity index is 1.79. The van der Waals surface area contributed by atoms with Crippen molar-refractivity contribution in [3.8, 4) is 0 Å². The molecule has 7 heteroatoms. The van der Waals surface area contributed by atoms with E-state index in [0.717, 1.165) is 12.8 Å². The van der Waals surface area contributed by atoms with Gasteiger partial charge in [0.1, 0.15) is 5.54 Å². The molecule has 0 bridgehead atoms. The number of nitrogens with one attached hydrogen (secondary N) is 1. The molecule has 1 unspecified atom stereocenters. The van der Waals surface area contributed by atoms with E-state index in [-0.39, 0.29) is 30.7 Å². The summed E-state index contributed by atoms with van der Waals surface area (Å²) in [6.07, 6.45) is 4.47. The van der Waals surface area contributed by atoms with Crippen molar-refractivity contribution in [3.63, 3.8) is 0 Å². The van der Waals surface area contributed by atoms with Gasteiger partial charge >= 0.3 is 0 Å². The molecule has 2 heterocycles. The van der Waals surface area contributed by atoms with Gasteiger partial charge in [0.2, 0.25) is 11.8 Å². The Kier molecular flexibility index (Phi) is 3.27. The van der Waals surface area contributed by atoms with Crippen molar-refractivity contribution in [3.05, 3.63) is 0 Å². The molecule has 3 rings (SSSR count). The molecule has 112 valence electrons. The second-order valence-corrected chi connectivity index (χ2v) is 8.55. The average Bonchev–Trinajstić information content (AvgIpc) is 2.94. The fraction of sp³-hybridized carbons (Fsp3) is 0.846. The van der Waals surface area contributed by atoms with Crippen LogP contribution in [0.25, 0.3) is 0 Å². The Labute approximate surface area is 118 Å². The maximum Gasteiger partial charge on any atom is 0.248 e. The van der Waals surface area contributed by atoms with Gasteiger partial charge in [-0.2, -0.15) is 0 Å². The first-order chi connectivity index (χ1) is 9.43. The summed E-state index contributed by atoms with van der Waals surface area (Å²) >= 11 is 0. The first-order valence-corrected chi connectivity index (χ1v) is 8.96. The standard InChI is InChI=1S/C13H20N2O4S/c16-11-9-15(8-10-4-3-7-20(10,18)19)12(17)13(14-11)5-1-2-6-13/h10H,1-9H2,(H,14,16). The summed E-state index contributed by atoms with van der Waals surface area (Å²) in [4.78, 5) is 25.9. The first kappa shape index (κ1) is 13.9. The van der Waals surface area contributed by atoms with Crippen molar-refractivity contribution in [2.75, 3.05) is 18.8 Å². The molecule has 0 aromatic heterocycles. The van der Waals surface area contributed by atoms with Crippen LogP contribution in [0.15, 0.2) is 0 Å². The minimum absolute atomic E-state index is 0.00734. The van der Waals surface area contributed by atoms with E-state index < -0.39 is 20.6 Å². The third kappa shape index (κ3) is 2.21. The number of carbonyl (C=O) groups excluding carboxylic acids is 2. The molecule has 3 aliphatic rings. The predicted molar refractivity (Wildman–Crippen MR) is 72.7 cm³/mol. The number of piperazine rings is 1. The minimum atomic E-state index is -3.09. The molecule has 2 saturated heterocycles. The van der Waals surface area contributed by atoms with Gasteiger partial charge in [0, 0.05) is 6.54 Å². The number of sulfone groups is 1. The van der Waals surface area contributed by atoms with Crippen LogP contribution in [-0.4, -0.2) is 54.8 Å². The fourth-order valence-corrected chi connectivity index (χ4v) is 5.52. The minimum Gasteiger partial charge on any atom is -0.340 e. The topological polar surface area (TPSA) is 83.6 Å². The van der Waals surface area contributed by atoms with E-state index in [0.29, 0.717) is 25.7 Å². The summed E-state index contributed by atoms with van der Waals surface area (Å²) in [5.74, 6) is -0.0459. The Bertz CT molecular complexity index is 537. The highest BCUT2D eigenvalue weighted by atomic mass is 32.2. The van der Waals surface area contributed by atoms with Crippen LogP contribution < -0.4 is 5.32 Å². The molecular weight excluding hydrogens is 280 g/mol. The number of rotatable bonds is 2. The molecular formula is C13H20N2O4S. The maximum absolute atomic E-state index is 12.6. The van der Waals surface area contributed by atoms with Crippen molar-refractivity contribution < 1.29 is 18.0 Å². The van der Waals surface area contributed by atoms with E-state index in [1.165, 1.54) is 4.90 Å². The van der Waals surface area contributed by atoms with Crippen LogP contribution >= 0.6 is 0 Å². The van der Waals surface area contributed by atoms with E-state index in [2.05, 4.69) is 5.32 Å². The zero-order chi connectivity index (χ0) is 14.4. The Morgan fingerprint density at radius 3 is 2.50 bits per heavy atom. The number of carbonyl (C=O) groups is 2. The molecule has 1 spiro atoms. The number of hydrogen-bond donors (Lipinski definition) is 1. The largest absolute Gasteiger partial charge is 0.340 e. The molecule has 20 heavy (non-hydrogen) atoms. The van der Waals surface area contributed by atoms with E-state index >= 15 is 0 Å². The number of nitrogens with zero attached hydrogens (tertiary/aromatic N) is 1. The molecule has 0 radical (unpaired) electrons. The quantitative estimate of drug-likeness (QED) is 0.768. The Morgan fingerprint density at radius 1 is 1.20 bits per heavy atom. The van der Waals surface area contributed by atoms with Crippen LogP contribution in [0.5, 0.6) is 0 Å². The van der Waals surface area contributed by atoms with E-state index in [1.807, 2.05) is 0 Å². The third-order valence-electron chi connectivity index (χ3n) is 4.75. The van der Waals surface area contributed by atoms with E-state index in [1.54, 1.807) is 0 Å². The van der Waals surface area contributed by atoms with Gasteiger partial charge in [-0.1, -0.05) is 12.8 Å². The molecule has 2 amide bonds. The summed E-state index contributed by atoms with van der Waals surface area (Å²) in [5.41, 5.74) is -0.752. The SMILES string of the molecule is O=C1CN(CC2CCCS2(=O)=O)C(=O)C2(CCCC2)N1. The lowest BCUT2D eigenvalue weighted by Crippen LogP contribution is -2.66. The Hall–Kier alpha value is -1.11. The first-order valence-electron chi connectivity index (χ1n) is 7.25. The zero-order valence-corrected chi connectivity index (χ0v) is 12.2. The molecule has 3 fully saturated rings. The lowest BCUT2D eigenvalue weighted by molar-refractivity contribution is -0.149. The van der Waals surface area contributed by atoms with Crippen molar-refractivity contribution in [1.29, 1.82) is 0 Å². The normalized spacial score (nSPS) is 31.8. The van der Waals surface area contributed by atoms with Crippen LogP contribution in [0.2, 0.25) is 0 Å². The van der Waals surface area contributed by atoms with Crippen LogP contribution in [0.4, 0.5) is 0 Å². The van der Waals surface area contributed by atoms with Gasteiger partial charge in [-0.25, -0.2) is 8.42 Å². The number of amides is 2. The van der Waals surface area contributed by atoms with E-state index in [4.69, 9.17) is 0 Å². The molecule has 0 aromatic carbocycles. The molecule has 2 aliphatic heterocycles. The van der Waals surface area contributed by atoms with Crippen LogP contribution in [0.3, 0.4) is 0 Å². The summed E-state index contributed by atoms with van der Waals surface area (Å²) < 4.78 is 23.8. The molecule has 1 saturated carbocycles. The molecule has 1 atom stereocenters. The van der Waals surface area contributed by atoms with Crippen LogP contribution in [0.1, 0.15) is 38.5 Å². The Morgan fingerprint density at radius 2 is 1.90 bits per heavy atom. The van der Waals surface area contributed by atoms with Crippen molar-refractivity contribution in [1.82, 2.24) is 10.2 Å². The second kappa shape index (κ2) is 4.72. The van der Waals surface area contributed by atoms with Crippen LogP contribution in [-0.2, 0) is 19.4 Å². The van der Waals surface area contributed by atoms with Gasteiger partial charge in [-0.3, -0.25) is 9.59 Å². The lowest BCUT2D eigenvalue weighted by Gasteiger charge is -2.40. The van der Waals surface area contributed by atoms with Crippen molar-refractivity contribution >= 4 is 21.7 Å². The molecule has 0 aromatic rings. The summed E-state index contributed by atoms with van der Waals surface area (Å²) in [6, 6.07) is 0. The third-order valence-corrected chi connectivity index (χ3v) is 7.01. The van der Waals surface area contributed by atoms with Crippen molar-refractivity contribution in [2.45, 2.75) is 49.3 Å². The van der Waals surface area contributed by atoms with Gasteiger partial charge in [0.25, 0.3) is 0 Å². The van der Waals surface area contributed by atoms with Gasteiger partial charge < -0.3 is 10.2 Å². The van der Waals surface area contributed by atoms with Crippen LogP contribution in [0, 0.1) is 0 Å². The van der Waals surface area contributed by atoms with E-state index in [9.17, 15) is 18.0 Å². The highest BCUT2D eigenvalue weighted by Crippen LogP contribution is 2.34. The predicted octanol–water partition coefficient (Wildman–Crippen LogP) is -0.165. The van der Waals surface area contributed by atoms with Gasteiger partial charge in [0.05, 0.1) is 17.5 Å². The van der Waals surface area contributed by atoms with Gasteiger partial charge in [-0.15, -0.1) is 0 Å². The summed E-state index contributed by atoms with van der Waals surface area (Å²) in [7, 11) is -3.09. The summed E-state index contributed by atoms with van der Waals surface area (Å²) in [6.45, 7) is 0.170. The van der Waals surface area contributed by atoms with Crippen molar-refractivity contribution in [2.24, 2.45) is 0 Å². The number of hydrogen-bond acceptors (Lipinski definition) is 4. The zero-order valence-electron chi connectivity index (χ0n) is 11.4. The smallest absolute Gasteiger partial charge is 0.248 e. The van der Waals surface area contributed by atoms with Gasteiger partial charge in [-0.05, 0) is 25.7 Å². The molecule has 6 nitrogen and oxygen atoms in total. The lowest BCUT2D eigenvalue weighted by atomic mass is 9.93. The average molecular weight is 300 g/mol. The summed E-state index contributed by atoms with van der Waals surface area (Å²) in [5, 5.41) is 2.35.